The van der Waals surface area contributed by atoms with E-state index in [0.29, 0.717) is 11.4 Å². The van der Waals surface area contributed by atoms with E-state index in [1.165, 1.54) is 11.8 Å². The first-order chi connectivity index (χ1) is 11.4. The van der Waals surface area contributed by atoms with Gasteiger partial charge in [0.15, 0.2) is 5.16 Å². The third-order valence-electron chi connectivity index (χ3n) is 3.07. The number of aromatic nitrogens is 3. The molecule has 0 bridgehead atoms. The Kier molecular flexibility index (Phi) is 4.43. The Bertz CT molecular complexity index is 828. The third kappa shape index (κ3) is 3.85. The number of rotatable bonds is 4. The fourth-order valence-electron chi connectivity index (χ4n) is 1.95. The van der Waals surface area contributed by atoms with E-state index in [2.05, 4.69) is 20.3 Å². The zero-order chi connectivity index (χ0) is 17.2. The number of nitrogens with one attached hydrogen (secondary N) is 2. The van der Waals surface area contributed by atoms with Gasteiger partial charge in [0.25, 0.3) is 0 Å². The van der Waals surface area contributed by atoms with Crippen LogP contribution in [0.4, 0.5) is 19.0 Å². The van der Waals surface area contributed by atoms with Gasteiger partial charge in [0.1, 0.15) is 5.82 Å². The second-order valence-corrected chi connectivity index (χ2v) is 5.79. The van der Waals surface area contributed by atoms with Crippen molar-refractivity contribution in [3.63, 3.8) is 0 Å². The van der Waals surface area contributed by atoms with Crippen molar-refractivity contribution in [2.24, 2.45) is 0 Å². The maximum absolute atomic E-state index is 12.4. The van der Waals surface area contributed by atoms with Gasteiger partial charge in [-0.1, -0.05) is 23.9 Å². The Morgan fingerprint density at radius 3 is 2.67 bits per heavy atom. The second kappa shape index (κ2) is 6.52. The molecule has 1 aromatic carbocycles. The molecule has 0 saturated carbocycles. The minimum atomic E-state index is -4.45. The van der Waals surface area contributed by atoms with Crippen molar-refractivity contribution in [3.05, 3.63) is 48.2 Å². The van der Waals surface area contributed by atoms with Crippen LogP contribution in [0.2, 0.25) is 0 Å². The minimum absolute atomic E-state index is 0.0581. The molecular weight excluding hydrogens is 341 g/mol. The Labute approximate surface area is 138 Å². The SMILES string of the molecule is O=C(CSc1nc2ccccc2[nH]1)Nc1ccc(C(F)(F)F)cn1. The monoisotopic (exact) mass is 352 g/mol. The molecule has 0 radical (unpaired) electrons. The van der Waals surface area contributed by atoms with Crippen LogP contribution < -0.4 is 5.32 Å². The highest BCUT2D eigenvalue weighted by molar-refractivity contribution is 7.99. The number of halogens is 3. The lowest BCUT2D eigenvalue weighted by atomic mass is 10.3. The molecule has 24 heavy (non-hydrogen) atoms. The molecule has 9 heteroatoms. The Morgan fingerprint density at radius 1 is 1.21 bits per heavy atom. The van der Waals surface area contributed by atoms with E-state index in [-0.39, 0.29) is 17.5 Å². The quantitative estimate of drug-likeness (QED) is 0.702. The lowest BCUT2D eigenvalue weighted by Crippen LogP contribution is -2.15. The number of pyridine rings is 1. The van der Waals surface area contributed by atoms with Crippen LogP contribution in [0.15, 0.2) is 47.8 Å². The first kappa shape index (κ1) is 16.3. The molecule has 124 valence electrons. The maximum atomic E-state index is 12.4. The summed E-state index contributed by atoms with van der Waals surface area (Å²) in [6.07, 6.45) is -3.77. The number of aromatic amines is 1. The van der Waals surface area contributed by atoms with Gasteiger partial charge < -0.3 is 10.3 Å². The highest BCUT2D eigenvalue weighted by Crippen LogP contribution is 2.28. The molecule has 0 aliphatic heterocycles. The zero-order valence-corrected chi connectivity index (χ0v) is 12.9. The minimum Gasteiger partial charge on any atom is -0.333 e. The van der Waals surface area contributed by atoms with Crippen LogP contribution in [-0.2, 0) is 11.0 Å². The smallest absolute Gasteiger partial charge is 0.333 e. The number of imidazole rings is 1. The van der Waals surface area contributed by atoms with Gasteiger partial charge in [0.05, 0.1) is 22.3 Å². The molecule has 2 N–H and O–H groups in total. The van der Waals surface area contributed by atoms with Crippen LogP contribution in [0.3, 0.4) is 0 Å². The van der Waals surface area contributed by atoms with Gasteiger partial charge in [-0.3, -0.25) is 4.79 Å². The van der Waals surface area contributed by atoms with Crippen LogP contribution in [0, 0.1) is 0 Å². The van der Waals surface area contributed by atoms with Gasteiger partial charge in [-0.15, -0.1) is 0 Å². The molecule has 0 atom stereocenters. The lowest BCUT2D eigenvalue weighted by molar-refractivity contribution is -0.137. The molecular formula is C15H11F3N4OS. The van der Waals surface area contributed by atoms with Gasteiger partial charge in [-0.2, -0.15) is 13.2 Å². The van der Waals surface area contributed by atoms with E-state index in [1.54, 1.807) is 0 Å². The molecule has 2 heterocycles. The van der Waals surface area contributed by atoms with Crippen molar-refractivity contribution < 1.29 is 18.0 Å². The number of amides is 1. The Morgan fingerprint density at radius 2 is 2.00 bits per heavy atom. The number of alkyl halides is 3. The molecule has 0 fully saturated rings. The second-order valence-electron chi connectivity index (χ2n) is 4.83. The van der Waals surface area contributed by atoms with Gasteiger partial charge in [0, 0.05) is 6.20 Å². The number of thioether (sulfide) groups is 1. The van der Waals surface area contributed by atoms with Gasteiger partial charge in [-0.25, -0.2) is 9.97 Å². The predicted molar refractivity (Wildman–Crippen MR) is 84.7 cm³/mol. The summed E-state index contributed by atoms with van der Waals surface area (Å²) >= 11 is 1.19. The molecule has 5 nitrogen and oxygen atoms in total. The summed E-state index contributed by atoms with van der Waals surface area (Å²) in [5.41, 5.74) is 0.798. The van der Waals surface area contributed by atoms with Crippen molar-refractivity contribution in [1.29, 1.82) is 0 Å². The van der Waals surface area contributed by atoms with Crippen LogP contribution in [0.1, 0.15) is 5.56 Å². The summed E-state index contributed by atoms with van der Waals surface area (Å²) in [6, 6.07) is 9.45. The van der Waals surface area contributed by atoms with Crippen molar-refractivity contribution in [1.82, 2.24) is 15.0 Å². The average molecular weight is 352 g/mol. The fourth-order valence-corrected chi connectivity index (χ4v) is 2.63. The number of carbonyl (C=O) groups is 1. The molecule has 2 aromatic heterocycles. The molecule has 3 rings (SSSR count). The van der Waals surface area contributed by atoms with Crippen molar-refractivity contribution in [2.45, 2.75) is 11.3 Å². The van der Waals surface area contributed by atoms with Crippen LogP contribution in [0.25, 0.3) is 11.0 Å². The summed E-state index contributed by atoms with van der Waals surface area (Å²) in [5, 5.41) is 3.03. The Hall–Kier alpha value is -2.55. The van der Waals surface area contributed by atoms with E-state index in [9.17, 15) is 18.0 Å². The van der Waals surface area contributed by atoms with E-state index < -0.39 is 11.7 Å². The van der Waals surface area contributed by atoms with Gasteiger partial charge >= 0.3 is 6.18 Å². The topological polar surface area (TPSA) is 70.7 Å². The molecule has 0 unspecified atom stereocenters. The molecule has 0 spiro atoms. The maximum Gasteiger partial charge on any atom is 0.417 e. The first-order valence-electron chi connectivity index (χ1n) is 6.82. The number of anilines is 1. The number of fused-ring (bicyclic) bond motifs is 1. The number of para-hydroxylation sites is 2. The summed E-state index contributed by atoms with van der Waals surface area (Å²) in [5.74, 6) is -0.256. The van der Waals surface area contributed by atoms with Crippen LogP contribution >= 0.6 is 11.8 Å². The largest absolute Gasteiger partial charge is 0.417 e. The number of benzene rings is 1. The van der Waals surface area contributed by atoms with Gasteiger partial charge in [0.2, 0.25) is 5.91 Å². The molecule has 3 aromatic rings. The summed E-state index contributed by atoms with van der Waals surface area (Å²) < 4.78 is 37.3. The number of hydrogen-bond donors (Lipinski definition) is 2. The summed E-state index contributed by atoms with van der Waals surface area (Å²) in [4.78, 5) is 22.8. The average Bonchev–Trinajstić information content (AvgIpc) is 2.95. The number of H-pyrrole nitrogens is 1. The Balaban J connectivity index is 1.57. The van der Waals surface area contributed by atoms with E-state index in [0.717, 1.165) is 23.2 Å². The number of nitrogens with zero attached hydrogens (tertiary/aromatic N) is 2. The predicted octanol–water partition coefficient (Wildman–Crippen LogP) is 3.71. The molecule has 1 amide bonds. The van der Waals surface area contributed by atoms with E-state index in [1.807, 2.05) is 24.3 Å². The van der Waals surface area contributed by atoms with Crippen molar-refractivity contribution in [3.8, 4) is 0 Å². The first-order valence-corrected chi connectivity index (χ1v) is 7.81. The molecule has 0 aliphatic rings. The van der Waals surface area contributed by atoms with Gasteiger partial charge in [-0.05, 0) is 24.3 Å². The van der Waals surface area contributed by atoms with E-state index >= 15 is 0 Å². The van der Waals surface area contributed by atoms with Crippen LogP contribution in [-0.4, -0.2) is 26.6 Å². The third-order valence-corrected chi connectivity index (χ3v) is 3.94. The number of carbonyl (C=O) groups excluding carboxylic acids is 1. The van der Waals surface area contributed by atoms with E-state index in [4.69, 9.17) is 0 Å². The standard InChI is InChI=1S/C15H11F3N4OS/c16-15(17,18)9-5-6-12(19-7-9)22-13(23)8-24-14-20-10-3-1-2-4-11(10)21-14/h1-7H,8H2,(H,20,21)(H,19,22,23). The highest BCUT2D eigenvalue weighted by atomic mass is 32.2. The van der Waals surface area contributed by atoms with Crippen molar-refractivity contribution in [2.75, 3.05) is 11.1 Å². The zero-order valence-electron chi connectivity index (χ0n) is 12.1. The van der Waals surface area contributed by atoms with Crippen LogP contribution in [0.5, 0.6) is 0 Å². The summed E-state index contributed by atoms with van der Waals surface area (Å²) in [7, 11) is 0. The normalized spacial score (nSPS) is 11.6. The van der Waals surface area contributed by atoms with Crippen molar-refractivity contribution >= 4 is 34.5 Å². The highest BCUT2D eigenvalue weighted by Gasteiger charge is 2.30. The number of hydrogen-bond acceptors (Lipinski definition) is 4. The molecule has 0 saturated heterocycles. The summed E-state index contributed by atoms with van der Waals surface area (Å²) in [6.45, 7) is 0. The fraction of sp³-hybridized carbons (Fsp3) is 0.133. The lowest BCUT2D eigenvalue weighted by Gasteiger charge is -2.07. The molecule has 0 aliphatic carbocycles.